The summed E-state index contributed by atoms with van der Waals surface area (Å²) in [7, 11) is 4.34. The summed E-state index contributed by atoms with van der Waals surface area (Å²) >= 11 is 63.1. The van der Waals surface area contributed by atoms with Gasteiger partial charge in [-0.1, -0.05) is 158 Å². The van der Waals surface area contributed by atoms with Crippen LogP contribution in [0.25, 0.3) is 0 Å². The molecule has 1 radical (unpaired) electrons. The van der Waals surface area contributed by atoms with E-state index in [1.165, 1.54) is 6.07 Å². The molecule has 4 heterocycles. The first-order valence-corrected chi connectivity index (χ1v) is 20.3. The van der Waals surface area contributed by atoms with Gasteiger partial charge in [-0.15, -0.1) is 24.8 Å². The number of halogens is 11. The van der Waals surface area contributed by atoms with E-state index in [-0.39, 0.29) is 15.9 Å². The van der Waals surface area contributed by atoms with Crippen LogP contribution in [-0.2, 0) is 24.2 Å². The molecular formula is C34H36BBrCl10N5O2S. The quantitative estimate of drug-likeness (QED) is 0.0894. The number of nitrogens with zero attached hydrogens (tertiary/aromatic N) is 5. The number of thiol groups is 1. The SMILES string of the molecule is C=C.CC(Br)c1ccc(C(Cl)(Cl)Cl)nc1.CC(Cl)c1ccc(C(Cl)(Cl)Cl)nc1.CCc1ccc(C(=O)O)nc1.CCc1ccc(C(Cl)(Cl)Cl)nc1.[B]=NS. The van der Waals surface area contributed by atoms with Gasteiger partial charge in [0.1, 0.15) is 5.69 Å². The first kappa shape index (κ1) is 55.5. The third-order valence-electron chi connectivity index (χ3n) is 6.05. The van der Waals surface area contributed by atoms with E-state index in [9.17, 15) is 4.79 Å². The van der Waals surface area contributed by atoms with Crippen LogP contribution >= 0.6 is 145 Å². The zero-order valence-corrected chi connectivity index (χ0v) is 39.2. The number of alkyl halides is 11. The Hall–Kier alpha value is -0.595. The van der Waals surface area contributed by atoms with Crippen LogP contribution in [0.5, 0.6) is 0 Å². The summed E-state index contributed by atoms with van der Waals surface area (Å²) in [4.78, 5) is 26.4. The van der Waals surface area contributed by atoms with Crippen molar-refractivity contribution < 1.29 is 9.90 Å². The minimum atomic E-state index is -1.46. The van der Waals surface area contributed by atoms with Crippen molar-refractivity contribution in [1.82, 2.24) is 19.9 Å². The Morgan fingerprint density at radius 2 is 1.06 bits per heavy atom. The summed E-state index contributed by atoms with van der Waals surface area (Å²) < 4.78 is -1.62. The Morgan fingerprint density at radius 1 is 0.722 bits per heavy atom. The van der Waals surface area contributed by atoms with Crippen LogP contribution in [0.2, 0.25) is 0 Å². The van der Waals surface area contributed by atoms with Crippen molar-refractivity contribution in [2.75, 3.05) is 0 Å². The molecule has 0 aliphatic carbocycles. The van der Waals surface area contributed by atoms with Gasteiger partial charge in [-0.05, 0) is 73.2 Å². The third kappa shape index (κ3) is 24.2. The number of carboxylic acids is 1. The monoisotopic (exact) mass is 1020 g/mol. The summed E-state index contributed by atoms with van der Waals surface area (Å²) in [5.74, 6) is -0.979. The van der Waals surface area contributed by atoms with E-state index in [1.54, 1.807) is 55.1 Å². The van der Waals surface area contributed by atoms with Crippen LogP contribution in [0.15, 0.2) is 90.8 Å². The molecule has 2 unspecified atom stereocenters. The molecule has 295 valence electrons. The Kier molecular flexibility index (Phi) is 29.5. The Bertz CT molecular complexity index is 1570. The van der Waals surface area contributed by atoms with Crippen molar-refractivity contribution in [3.05, 3.63) is 132 Å². The predicted molar refractivity (Wildman–Crippen MR) is 240 cm³/mol. The molecule has 0 saturated carbocycles. The number of aryl methyl sites for hydroxylation is 2. The Labute approximate surface area is 382 Å². The molecule has 4 aromatic rings. The van der Waals surface area contributed by atoms with E-state index in [2.05, 4.69) is 73.8 Å². The van der Waals surface area contributed by atoms with E-state index in [1.807, 2.05) is 39.8 Å². The maximum atomic E-state index is 10.3. The van der Waals surface area contributed by atoms with Crippen molar-refractivity contribution in [2.45, 2.75) is 62.1 Å². The topological polar surface area (TPSA) is 101 Å². The van der Waals surface area contributed by atoms with Gasteiger partial charge in [0.25, 0.3) is 0 Å². The molecule has 1 N–H and O–H groups in total. The van der Waals surface area contributed by atoms with Crippen molar-refractivity contribution in [3.63, 3.8) is 0 Å². The van der Waals surface area contributed by atoms with Crippen LogP contribution < -0.4 is 0 Å². The van der Waals surface area contributed by atoms with Crippen LogP contribution in [0.1, 0.15) is 87.7 Å². The van der Waals surface area contributed by atoms with Crippen molar-refractivity contribution in [3.8, 4) is 0 Å². The van der Waals surface area contributed by atoms with Gasteiger partial charge in [-0.2, -0.15) is 0 Å². The van der Waals surface area contributed by atoms with Gasteiger partial charge in [0.15, 0.2) is 0 Å². The number of rotatable bonds is 5. The zero-order chi connectivity index (χ0) is 42.3. The van der Waals surface area contributed by atoms with E-state index < -0.39 is 17.3 Å². The number of hydrogen-bond donors (Lipinski definition) is 2. The molecule has 0 aliphatic heterocycles. The molecule has 4 rings (SSSR count). The van der Waals surface area contributed by atoms with Gasteiger partial charge < -0.3 is 5.11 Å². The van der Waals surface area contributed by atoms with Crippen molar-refractivity contribution in [2.24, 2.45) is 4.30 Å². The summed E-state index contributed by atoms with van der Waals surface area (Å²) in [5, 5.41) is 8.40. The van der Waals surface area contributed by atoms with Crippen LogP contribution in [-0.4, -0.2) is 38.7 Å². The van der Waals surface area contributed by atoms with Gasteiger partial charge >= 0.3 is 30.7 Å². The molecule has 0 fully saturated rings. The summed E-state index contributed by atoms with van der Waals surface area (Å²) in [6, 6.07) is 14.0. The minimum absolute atomic E-state index is 0.0862. The molecule has 0 aromatic carbocycles. The predicted octanol–water partition coefficient (Wildman–Crippen LogP) is 14.4. The number of carbonyl (C=O) groups is 1. The van der Waals surface area contributed by atoms with Gasteiger partial charge in [0.05, 0.1) is 22.5 Å². The number of hydrogen-bond acceptors (Lipinski definition) is 7. The number of carboxylic acid groups (broad SMARTS) is 1. The first-order valence-electron chi connectivity index (χ1n) is 15.1. The molecular weight excluding hydrogens is 988 g/mol. The van der Waals surface area contributed by atoms with Crippen molar-refractivity contribution in [1.29, 1.82) is 0 Å². The average molecular weight is 1020 g/mol. The maximum absolute atomic E-state index is 10.3. The zero-order valence-electron chi connectivity index (χ0n) is 29.2. The Balaban J connectivity index is 0. The van der Waals surface area contributed by atoms with Gasteiger partial charge in [0.2, 0.25) is 11.4 Å². The molecule has 4 aromatic heterocycles. The number of pyridine rings is 4. The normalized spacial score (nSPS) is 11.7. The fourth-order valence-corrected chi connectivity index (χ4v) is 4.58. The standard InChI is InChI=1S/C8H7BrCl3N.C8H7Cl4N.C8H8Cl3N.C8H9NO2.C2H4.BHNS/c2*1-5(9)6-2-3-7(13-4-6)8(10,11)12;1-2-6-3-4-7(12-5-6)8(9,10)11;1-2-6-3-4-7(8(10)11)9-5-6;1-2;1-2-3/h2*2-5H,1H3;3-5H,2H2,1H3;3-5H,2H2,1H3,(H,10,11);1-2H2;3H. The number of aromatic nitrogens is 4. The van der Waals surface area contributed by atoms with Crippen molar-refractivity contribution >= 4 is 158 Å². The van der Waals surface area contributed by atoms with Crippen LogP contribution in [0.4, 0.5) is 0 Å². The third-order valence-corrected chi connectivity index (χ3v) is 8.57. The first-order chi connectivity index (χ1) is 25.0. The summed E-state index contributed by atoms with van der Waals surface area (Å²) in [6.45, 7) is 13.9. The molecule has 0 spiro atoms. The Morgan fingerprint density at radius 3 is 1.28 bits per heavy atom. The van der Waals surface area contributed by atoms with Gasteiger partial charge in [-0.25, -0.2) is 9.78 Å². The van der Waals surface area contributed by atoms with E-state index in [0.717, 1.165) is 35.1 Å². The average Bonchev–Trinajstić information content (AvgIpc) is 3.12. The molecule has 0 amide bonds. The molecule has 0 aliphatic rings. The van der Waals surface area contributed by atoms with E-state index in [4.69, 9.17) is 121 Å². The van der Waals surface area contributed by atoms with E-state index >= 15 is 0 Å². The molecule has 0 bridgehead atoms. The van der Waals surface area contributed by atoms with Crippen LogP contribution in [0.3, 0.4) is 0 Å². The number of aromatic carboxylic acids is 1. The summed E-state index contributed by atoms with van der Waals surface area (Å²) in [5.41, 5.74) is 5.54. The molecule has 0 saturated heterocycles. The van der Waals surface area contributed by atoms with Gasteiger partial charge in [0, 0.05) is 29.6 Å². The second-order valence-electron chi connectivity index (χ2n) is 9.91. The molecule has 2 atom stereocenters. The molecule has 7 nitrogen and oxygen atoms in total. The second kappa shape index (κ2) is 28.7. The van der Waals surface area contributed by atoms with E-state index in [0.29, 0.717) is 17.1 Å². The molecule has 20 heteroatoms. The second-order valence-corrected chi connectivity index (χ2v) is 19.0. The fraction of sp³-hybridized carbons (Fsp3) is 0.324. The summed E-state index contributed by atoms with van der Waals surface area (Å²) in [6.07, 6.45) is 8.42. The van der Waals surface area contributed by atoms with Crippen LogP contribution in [0, 0.1) is 0 Å². The fourth-order valence-electron chi connectivity index (χ4n) is 3.18. The molecule has 54 heavy (non-hydrogen) atoms. The van der Waals surface area contributed by atoms with Gasteiger partial charge in [-0.3, -0.25) is 15.0 Å².